The molecule has 1 rings (SSSR count). The van der Waals surface area contributed by atoms with Crippen LogP contribution in [0.3, 0.4) is 0 Å². The molecule has 0 spiro atoms. The highest BCUT2D eigenvalue weighted by Gasteiger charge is 2.23. The first-order valence-electron chi connectivity index (χ1n) is 6.00. The average molecular weight is 227 g/mol. The van der Waals surface area contributed by atoms with Crippen LogP contribution in [0.4, 0.5) is 0 Å². The van der Waals surface area contributed by atoms with Crippen molar-refractivity contribution in [1.82, 2.24) is 15.2 Å². The minimum atomic E-state index is 0.259. The number of likely N-dealkylation sites (N-methyl/N-ethyl adjacent to an activating group) is 2. The van der Waals surface area contributed by atoms with E-state index in [4.69, 9.17) is 5.84 Å². The van der Waals surface area contributed by atoms with Crippen molar-refractivity contribution >= 4 is 5.96 Å². The van der Waals surface area contributed by atoms with Gasteiger partial charge >= 0.3 is 0 Å². The Morgan fingerprint density at radius 1 is 1.56 bits per heavy atom. The molecule has 1 unspecified atom stereocenters. The van der Waals surface area contributed by atoms with Gasteiger partial charge in [0.05, 0.1) is 0 Å². The summed E-state index contributed by atoms with van der Waals surface area (Å²) in [5.74, 6) is 6.31. The smallest absolute Gasteiger partial charge is 0.208 e. The number of piperidine rings is 1. The molecule has 0 aromatic rings. The molecule has 0 amide bonds. The van der Waals surface area contributed by atoms with Crippen LogP contribution < -0.4 is 11.3 Å². The third kappa shape index (κ3) is 3.64. The van der Waals surface area contributed by atoms with E-state index in [0.717, 1.165) is 12.5 Å². The van der Waals surface area contributed by atoms with Gasteiger partial charge in [-0.15, -0.1) is 0 Å². The van der Waals surface area contributed by atoms with Gasteiger partial charge in [0, 0.05) is 25.7 Å². The molecule has 1 saturated heterocycles. The molecule has 0 aromatic carbocycles. The monoisotopic (exact) mass is 227 g/mol. The number of hydrazine groups is 1. The summed E-state index contributed by atoms with van der Waals surface area (Å²) in [6, 6.07) is 0.766. The SMILES string of the molecule is CC(C)N=C(NN)N(C)C1CCCN(C)C1. The van der Waals surface area contributed by atoms with Gasteiger partial charge in [0.2, 0.25) is 5.96 Å². The number of aliphatic imine (C=N–C) groups is 1. The third-order valence-electron chi connectivity index (χ3n) is 2.99. The van der Waals surface area contributed by atoms with Crippen molar-refractivity contribution in [3.63, 3.8) is 0 Å². The van der Waals surface area contributed by atoms with Gasteiger partial charge in [-0.25, -0.2) is 10.8 Å². The minimum absolute atomic E-state index is 0.259. The lowest BCUT2D eigenvalue weighted by atomic mass is 10.1. The quantitative estimate of drug-likeness (QED) is 0.307. The second kappa shape index (κ2) is 6.06. The zero-order valence-corrected chi connectivity index (χ0v) is 10.9. The lowest BCUT2D eigenvalue weighted by Gasteiger charge is -2.37. The Morgan fingerprint density at radius 2 is 2.25 bits per heavy atom. The molecule has 1 fully saturated rings. The standard InChI is InChI=1S/C11H25N5/c1-9(2)13-11(14-12)16(4)10-6-5-7-15(3)8-10/h9-10H,5-8,12H2,1-4H3,(H,13,14). The Balaban J connectivity index is 2.63. The maximum atomic E-state index is 5.53. The van der Waals surface area contributed by atoms with Crippen molar-refractivity contribution < 1.29 is 0 Å². The second-order valence-corrected chi connectivity index (χ2v) is 4.86. The Labute approximate surface area is 98.7 Å². The van der Waals surface area contributed by atoms with Crippen molar-refractivity contribution in [1.29, 1.82) is 0 Å². The topological polar surface area (TPSA) is 56.9 Å². The number of nitrogens with zero attached hydrogens (tertiary/aromatic N) is 3. The van der Waals surface area contributed by atoms with Crippen molar-refractivity contribution in [2.75, 3.05) is 27.2 Å². The van der Waals surface area contributed by atoms with Crippen LogP contribution in [0.5, 0.6) is 0 Å². The van der Waals surface area contributed by atoms with Gasteiger partial charge in [0.25, 0.3) is 0 Å². The average Bonchev–Trinajstić information content (AvgIpc) is 2.24. The van der Waals surface area contributed by atoms with E-state index >= 15 is 0 Å². The van der Waals surface area contributed by atoms with Gasteiger partial charge in [-0.05, 0) is 40.3 Å². The fourth-order valence-electron chi connectivity index (χ4n) is 2.10. The molecular formula is C11H25N5. The summed E-state index contributed by atoms with van der Waals surface area (Å²) < 4.78 is 0. The summed E-state index contributed by atoms with van der Waals surface area (Å²) in [4.78, 5) is 9.00. The molecule has 0 bridgehead atoms. The first-order valence-corrected chi connectivity index (χ1v) is 6.00. The highest BCUT2D eigenvalue weighted by atomic mass is 15.4. The van der Waals surface area contributed by atoms with E-state index in [1.54, 1.807) is 0 Å². The summed E-state index contributed by atoms with van der Waals surface area (Å²) in [6.07, 6.45) is 2.45. The maximum Gasteiger partial charge on any atom is 0.208 e. The molecule has 0 aliphatic carbocycles. The number of nitrogens with two attached hydrogens (primary N) is 1. The van der Waals surface area contributed by atoms with E-state index in [1.165, 1.54) is 19.4 Å². The van der Waals surface area contributed by atoms with Crippen LogP contribution in [0, 0.1) is 0 Å². The molecule has 0 aromatic heterocycles. The molecule has 1 atom stereocenters. The number of hydrogen-bond acceptors (Lipinski definition) is 3. The lowest BCUT2D eigenvalue weighted by molar-refractivity contribution is 0.179. The van der Waals surface area contributed by atoms with Gasteiger partial charge in [-0.1, -0.05) is 0 Å². The highest BCUT2D eigenvalue weighted by Crippen LogP contribution is 2.13. The van der Waals surface area contributed by atoms with Crippen molar-refractivity contribution in [3.8, 4) is 0 Å². The van der Waals surface area contributed by atoms with Crippen LogP contribution in [0.25, 0.3) is 0 Å². The maximum absolute atomic E-state index is 5.53. The summed E-state index contributed by atoms with van der Waals surface area (Å²) in [5, 5.41) is 0. The number of nitrogens with one attached hydrogen (secondary N) is 1. The molecule has 5 heteroatoms. The predicted molar refractivity (Wildman–Crippen MR) is 68.2 cm³/mol. The fourth-order valence-corrected chi connectivity index (χ4v) is 2.10. The molecule has 1 aliphatic rings. The van der Waals surface area contributed by atoms with Gasteiger partial charge < -0.3 is 9.80 Å². The first-order chi connectivity index (χ1) is 7.54. The third-order valence-corrected chi connectivity index (χ3v) is 2.99. The lowest BCUT2D eigenvalue weighted by Crippen LogP contribution is -2.52. The minimum Gasteiger partial charge on any atom is -0.341 e. The normalized spacial score (nSPS) is 23.6. The fraction of sp³-hybridized carbons (Fsp3) is 0.909. The molecule has 16 heavy (non-hydrogen) atoms. The molecule has 1 heterocycles. The van der Waals surface area contributed by atoms with Gasteiger partial charge in [-0.3, -0.25) is 5.43 Å². The van der Waals surface area contributed by atoms with Crippen LogP contribution in [-0.2, 0) is 0 Å². The van der Waals surface area contributed by atoms with E-state index in [9.17, 15) is 0 Å². The van der Waals surface area contributed by atoms with Crippen molar-refractivity contribution in [2.24, 2.45) is 10.8 Å². The van der Waals surface area contributed by atoms with E-state index < -0.39 is 0 Å². The molecule has 5 nitrogen and oxygen atoms in total. The summed E-state index contributed by atoms with van der Waals surface area (Å²) in [6.45, 7) is 6.38. The molecule has 0 radical (unpaired) electrons. The molecular weight excluding hydrogens is 202 g/mol. The van der Waals surface area contributed by atoms with Gasteiger partial charge in [0.1, 0.15) is 0 Å². The van der Waals surface area contributed by atoms with Crippen LogP contribution in [0.1, 0.15) is 26.7 Å². The summed E-state index contributed by atoms with van der Waals surface area (Å²) >= 11 is 0. The molecule has 3 N–H and O–H groups in total. The number of hydrogen-bond donors (Lipinski definition) is 2. The molecule has 94 valence electrons. The van der Waals surface area contributed by atoms with Crippen LogP contribution in [-0.4, -0.2) is 55.0 Å². The Hall–Kier alpha value is -0.810. The zero-order chi connectivity index (χ0) is 12.1. The van der Waals surface area contributed by atoms with Crippen molar-refractivity contribution in [2.45, 2.75) is 38.8 Å². The highest BCUT2D eigenvalue weighted by molar-refractivity contribution is 5.79. The Bertz CT molecular complexity index is 239. The zero-order valence-electron chi connectivity index (χ0n) is 10.9. The number of rotatable bonds is 2. The van der Waals surface area contributed by atoms with E-state index in [-0.39, 0.29) is 6.04 Å². The van der Waals surface area contributed by atoms with E-state index in [2.05, 4.69) is 48.2 Å². The first kappa shape index (κ1) is 13.3. The molecule has 1 aliphatic heterocycles. The summed E-state index contributed by atoms with van der Waals surface area (Å²) in [7, 11) is 4.22. The van der Waals surface area contributed by atoms with Crippen LogP contribution in [0.2, 0.25) is 0 Å². The molecule has 0 saturated carbocycles. The van der Waals surface area contributed by atoms with Crippen LogP contribution in [0.15, 0.2) is 4.99 Å². The predicted octanol–water partition coefficient (Wildman–Crippen LogP) is 0.240. The Morgan fingerprint density at radius 3 is 2.75 bits per heavy atom. The van der Waals surface area contributed by atoms with Crippen molar-refractivity contribution in [3.05, 3.63) is 0 Å². The van der Waals surface area contributed by atoms with E-state index in [1.807, 2.05) is 0 Å². The second-order valence-electron chi connectivity index (χ2n) is 4.86. The number of likely N-dealkylation sites (tertiary alicyclic amines) is 1. The number of guanidine groups is 1. The summed E-state index contributed by atoms with van der Waals surface area (Å²) in [5.41, 5.74) is 2.70. The Kier molecular flexibility index (Phi) is 5.02. The van der Waals surface area contributed by atoms with Gasteiger partial charge in [-0.2, -0.15) is 0 Å². The van der Waals surface area contributed by atoms with Gasteiger partial charge in [0.15, 0.2) is 0 Å². The van der Waals surface area contributed by atoms with Crippen LogP contribution >= 0.6 is 0 Å². The largest absolute Gasteiger partial charge is 0.341 e. The van der Waals surface area contributed by atoms with E-state index in [0.29, 0.717) is 6.04 Å².